The van der Waals surface area contributed by atoms with Crippen LogP contribution in [0.3, 0.4) is 0 Å². The van der Waals surface area contributed by atoms with Crippen LogP contribution in [-0.2, 0) is 9.47 Å². The van der Waals surface area contributed by atoms with Gasteiger partial charge in [0.1, 0.15) is 5.75 Å². The van der Waals surface area contributed by atoms with E-state index >= 15 is 0 Å². The Morgan fingerprint density at radius 2 is 2.00 bits per heavy atom. The van der Waals surface area contributed by atoms with Crippen molar-refractivity contribution < 1.29 is 19.4 Å². The standard InChI is InChI=1S/C12H16ClNO4/c1-7(12(17-2)18-3)14-11(16)9-6-8(13)4-5-10(9)15/h4-7,12,15H,1-3H3,(H,14,16). The van der Waals surface area contributed by atoms with Crippen molar-refractivity contribution >= 4 is 17.5 Å². The molecular formula is C12H16ClNO4. The summed E-state index contributed by atoms with van der Waals surface area (Å²) in [4.78, 5) is 11.9. The van der Waals surface area contributed by atoms with Crippen LogP contribution in [-0.4, -0.2) is 37.6 Å². The van der Waals surface area contributed by atoms with Crippen LogP contribution in [0.5, 0.6) is 5.75 Å². The molecule has 0 aliphatic rings. The van der Waals surface area contributed by atoms with Gasteiger partial charge in [0.15, 0.2) is 6.29 Å². The van der Waals surface area contributed by atoms with Crippen LogP contribution in [0.15, 0.2) is 18.2 Å². The first-order valence-corrected chi connectivity index (χ1v) is 5.72. The lowest BCUT2D eigenvalue weighted by Gasteiger charge is -2.22. The van der Waals surface area contributed by atoms with Crippen LogP contribution in [0.1, 0.15) is 17.3 Å². The zero-order valence-electron chi connectivity index (χ0n) is 10.4. The number of methoxy groups -OCH3 is 2. The highest BCUT2D eigenvalue weighted by Crippen LogP contribution is 2.21. The summed E-state index contributed by atoms with van der Waals surface area (Å²) in [5, 5.41) is 12.6. The van der Waals surface area contributed by atoms with Gasteiger partial charge in [-0.15, -0.1) is 0 Å². The van der Waals surface area contributed by atoms with Gasteiger partial charge in [-0.05, 0) is 25.1 Å². The zero-order valence-corrected chi connectivity index (χ0v) is 11.2. The molecule has 6 heteroatoms. The van der Waals surface area contributed by atoms with Gasteiger partial charge in [0.2, 0.25) is 0 Å². The summed E-state index contributed by atoms with van der Waals surface area (Å²) in [7, 11) is 2.96. The highest BCUT2D eigenvalue weighted by molar-refractivity contribution is 6.31. The van der Waals surface area contributed by atoms with Crippen LogP contribution in [0.4, 0.5) is 0 Å². The molecule has 0 saturated carbocycles. The SMILES string of the molecule is COC(OC)C(C)NC(=O)c1cc(Cl)ccc1O. The lowest BCUT2D eigenvalue weighted by atomic mass is 10.1. The predicted molar refractivity (Wildman–Crippen MR) is 67.9 cm³/mol. The first-order chi connectivity index (χ1) is 8.49. The minimum Gasteiger partial charge on any atom is -0.507 e. The van der Waals surface area contributed by atoms with Gasteiger partial charge >= 0.3 is 0 Å². The van der Waals surface area contributed by atoms with Gasteiger partial charge in [0.05, 0.1) is 11.6 Å². The van der Waals surface area contributed by atoms with E-state index in [1.807, 2.05) is 0 Å². The van der Waals surface area contributed by atoms with E-state index in [1.54, 1.807) is 6.92 Å². The number of halogens is 1. The van der Waals surface area contributed by atoms with Gasteiger partial charge in [-0.25, -0.2) is 0 Å². The number of rotatable bonds is 5. The Morgan fingerprint density at radius 1 is 1.39 bits per heavy atom. The molecular weight excluding hydrogens is 258 g/mol. The maximum Gasteiger partial charge on any atom is 0.255 e. The molecule has 0 aromatic heterocycles. The van der Waals surface area contributed by atoms with E-state index in [4.69, 9.17) is 21.1 Å². The number of phenols is 1. The molecule has 1 unspecified atom stereocenters. The Balaban J connectivity index is 2.79. The van der Waals surface area contributed by atoms with E-state index in [2.05, 4.69) is 5.32 Å². The second kappa shape index (κ2) is 6.58. The van der Waals surface area contributed by atoms with E-state index in [9.17, 15) is 9.90 Å². The molecule has 100 valence electrons. The second-order valence-corrected chi connectivity index (χ2v) is 4.20. The fourth-order valence-electron chi connectivity index (χ4n) is 1.55. The lowest BCUT2D eigenvalue weighted by molar-refractivity contribution is -0.117. The molecule has 0 radical (unpaired) electrons. The van der Waals surface area contributed by atoms with Gasteiger partial charge in [-0.2, -0.15) is 0 Å². The third-order valence-electron chi connectivity index (χ3n) is 2.43. The summed E-state index contributed by atoms with van der Waals surface area (Å²) < 4.78 is 10.1. The number of hydrogen-bond donors (Lipinski definition) is 2. The van der Waals surface area contributed by atoms with Crippen molar-refractivity contribution in [3.8, 4) is 5.75 Å². The Labute approximate surface area is 111 Å². The normalized spacial score (nSPS) is 12.5. The van der Waals surface area contributed by atoms with Crippen LogP contribution < -0.4 is 5.32 Å². The van der Waals surface area contributed by atoms with Crippen LogP contribution in [0.25, 0.3) is 0 Å². The Bertz CT molecular complexity index is 421. The molecule has 0 aliphatic carbocycles. The first-order valence-electron chi connectivity index (χ1n) is 5.34. The summed E-state index contributed by atoms with van der Waals surface area (Å²) in [6.07, 6.45) is -0.560. The maximum absolute atomic E-state index is 11.9. The van der Waals surface area contributed by atoms with Crippen LogP contribution in [0.2, 0.25) is 5.02 Å². The smallest absolute Gasteiger partial charge is 0.255 e. The van der Waals surface area contributed by atoms with Crippen molar-refractivity contribution in [3.05, 3.63) is 28.8 Å². The Morgan fingerprint density at radius 3 is 2.56 bits per heavy atom. The summed E-state index contributed by atoms with van der Waals surface area (Å²) in [5.74, 6) is -0.572. The quantitative estimate of drug-likeness (QED) is 0.803. The maximum atomic E-state index is 11.9. The largest absolute Gasteiger partial charge is 0.507 e. The molecule has 1 rings (SSSR count). The molecule has 0 heterocycles. The van der Waals surface area contributed by atoms with Crippen LogP contribution >= 0.6 is 11.6 Å². The van der Waals surface area contributed by atoms with E-state index in [0.717, 1.165) is 0 Å². The number of amides is 1. The fraction of sp³-hybridized carbons (Fsp3) is 0.417. The number of carbonyl (C=O) groups is 1. The number of benzene rings is 1. The van der Waals surface area contributed by atoms with Crippen molar-refractivity contribution in [2.45, 2.75) is 19.3 Å². The predicted octanol–water partition coefficient (Wildman–Crippen LogP) is 1.78. The average molecular weight is 274 g/mol. The highest BCUT2D eigenvalue weighted by Gasteiger charge is 2.20. The Hall–Kier alpha value is -1.30. The average Bonchev–Trinajstić information content (AvgIpc) is 2.33. The van der Waals surface area contributed by atoms with E-state index in [-0.39, 0.29) is 17.4 Å². The monoisotopic (exact) mass is 273 g/mol. The van der Waals surface area contributed by atoms with Crippen molar-refractivity contribution in [3.63, 3.8) is 0 Å². The molecule has 2 N–H and O–H groups in total. The van der Waals surface area contributed by atoms with E-state index in [1.165, 1.54) is 32.4 Å². The van der Waals surface area contributed by atoms with E-state index < -0.39 is 12.2 Å². The molecule has 0 aliphatic heterocycles. The third-order valence-corrected chi connectivity index (χ3v) is 2.67. The molecule has 1 amide bonds. The molecule has 0 saturated heterocycles. The summed E-state index contributed by atoms with van der Waals surface area (Å²) in [6, 6.07) is 3.90. The topological polar surface area (TPSA) is 67.8 Å². The molecule has 1 atom stereocenters. The minimum absolute atomic E-state index is 0.111. The van der Waals surface area contributed by atoms with Gasteiger partial charge < -0.3 is 19.9 Å². The summed E-state index contributed by atoms with van der Waals surface area (Å²) in [5.41, 5.74) is 0.111. The lowest BCUT2D eigenvalue weighted by Crippen LogP contribution is -2.42. The molecule has 5 nitrogen and oxygen atoms in total. The number of nitrogens with one attached hydrogen (secondary N) is 1. The van der Waals surface area contributed by atoms with Gasteiger partial charge in [0.25, 0.3) is 5.91 Å². The second-order valence-electron chi connectivity index (χ2n) is 3.76. The molecule has 18 heavy (non-hydrogen) atoms. The van der Waals surface area contributed by atoms with Gasteiger partial charge in [-0.1, -0.05) is 11.6 Å². The van der Waals surface area contributed by atoms with Crippen LogP contribution in [0, 0.1) is 0 Å². The van der Waals surface area contributed by atoms with Crippen molar-refractivity contribution in [2.75, 3.05) is 14.2 Å². The van der Waals surface area contributed by atoms with Crippen molar-refractivity contribution in [2.24, 2.45) is 0 Å². The number of ether oxygens (including phenoxy) is 2. The molecule has 0 spiro atoms. The molecule has 0 bridgehead atoms. The molecule has 1 aromatic carbocycles. The van der Waals surface area contributed by atoms with Crippen molar-refractivity contribution in [1.82, 2.24) is 5.32 Å². The first kappa shape index (κ1) is 14.8. The number of hydrogen-bond acceptors (Lipinski definition) is 4. The summed E-state index contributed by atoms with van der Waals surface area (Å²) in [6.45, 7) is 1.73. The number of carbonyl (C=O) groups excluding carboxylic acids is 1. The summed E-state index contributed by atoms with van der Waals surface area (Å²) >= 11 is 5.77. The molecule has 0 fully saturated rings. The minimum atomic E-state index is -0.560. The van der Waals surface area contributed by atoms with Crippen molar-refractivity contribution in [1.29, 1.82) is 0 Å². The fourth-order valence-corrected chi connectivity index (χ4v) is 1.72. The highest BCUT2D eigenvalue weighted by atomic mass is 35.5. The number of phenolic OH excluding ortho intramolecular Hbond substituents is 1. The third kappa shape index (κ3) is 3.60. The molecule has 1 aromatic rings. The number of aromatic hydroxyl groups is 1. The van der Waals surface area contributed by atoms with Gasteiger partial charge in [0, 0.05) is 19.2 Å². The van der Waals surface area contributed by atoms with Gasteiger partial charge in [-0.3, -0.25) is 4.79 Å². The van der Waals surface area contributed by atoms with E-state index in [0.29, 0.717) is 5.02 Å². The zero-order chi connectivity index (χ0) is 13.7. The Kier molecular flexibility index (Phi) is 5.40.